The molecule has 0 unspecified atom stereocenters. The van der Waals surface area contributed by atoms with Crippen molar-refractivity contribution >= 4 is 27.7 Å². The molecular formula is C14H19BrFN3O2. The minimum absolute atomic E-state index is 0.0542. The first-order chi connectivity index (χ1) is 9.85. The van der Waals surface area contributed by atoms with Gasteiger partial charge in [0.15, 0.2) is 0 Å². The summed E-state index contributed by atoms with van der Waals surface area (Å²) in [7, 11) is 0. The number of carbonyl (C=O) groups excluding carboxylic acids is 1. The van der Waals surface area contributed by atoms with E-state index in [-0.39, 0.29) is 29.6 Å². The van der Waals surface area contributed by atoms with Gasteiger partial charge in [0.2, 0.25) is 0 Å². The summed E-state index contributed by atoms with van der Waals surface area (Å²) in [5.41, 5.74) is 5.70. The van der Waals surface area contributed by atoms with Crippen LogP contribution in [0.4, 0.5) is 4.39 Å². The molecule has 0 saturated heterocycles. The predicted molar refractivity (Wildman–Crippen MR) is 82.9 cm³/mol. The predicted octanol–water partition coefficient (Wildman–Crippen LogP) is 2.82. The Bertz CT molecular complexity index is 535. The average Bonchev–Trinajstić information content (AvgIpc) is 2.44. The number of rotatable bonds is 6. The Hall–Kier alpha value is -1.63. The van der Waals surface area contributed by atoms with Gasteiger partial charge in [-0.1, -0.05) is 19.0 Å². The van der Waals surface area contributed by atoms with E-state index >= 15 is 0 Å². The minimum Gasteiger partial charge on any atom is -0.409 e. The van der Waals surface area contributed by atoms with Gasteiger partial charge in [0.05, 0.1) is 4.47 Å². The van der Waals surface area contributed by atoms with E-state index in [2.05, 4.69) is 21.1 Å². The van der Waals surface area contributed by atoms with Gasteiger partial charge in [-0.3, -0.25) is 4.79 Å². The summed E-state index contributed by atoms with van der Waals surface area (Å²) in [4.78, 5) is 14.0. The lowest BCUT2D eigenvalue weighted by molar-refractivity contribution is 0.0740. The van der Waals surface area contributed by atoms with Gasteiger partial charge in [-0.05, 0) is 40.0 Å². The summed E-state index contributed by atoms with van der Waals surface area (Å²) in [6, 6.07) is 4.26. The van der Waals surface area contributed by atoms with Crippen molar-refractivity contribution in [2.24, 2.45) is 16.8 Å². The first kappa shape index (κ1) is 17.4. The number of amidine groups is 1. The molecule has 0 fully saturated rings. The number of amides is 1. The van der Waals surface area contributed by atoms with Crippen LogP contribution in [0, 0.1) is 11.7 Å². The molecule has 3 N–H and O–H groups in total. The number of oxime groups is 1. The Morgan fingerprint density at radius 1 is 1.52 bits per heavy atom. The van der Waals surface area contributed by atoms with Crippen LogP contribution in [0.3, 0.4) is 0 Å². The SMILES string of the molecule is CC(C)CN(CCC(N)=NO)C(=O)c1ccc(Br)c(F)c1. The summed E-state index contributed by atoms with van der Waals surface area (Å²) < 4.78 is 13.9. The van der Waals surface area contributed by atoms with Gasteiger partial charge in [0, 0.05) is 25.1 Å². The number of halogens is 2. The fraction of sp³-hybridized carbons (Fsp3) is 0.429. The number of nitrogens with two attached hydrogens (primary N) is 1. The second kappa shape index (κ2) is 7.97. The Labute approximate surface area is 131 Å². The van der Waals surface area contributed by atoms with Crippen molar-refractivity contribution in [1.29, 1.82) is 0 Å². The lowest BCUT2D eigenvalue weighted by Gasteiger charge is -2.24. The highest BCUT2D eigenvalue weighted by molar-refractivity contribution is 9.10. The molecule has 0 aliphatic carbocycles. The van der Waals surface area contributed by atoms with Crippen LogP contribution in [0.1, 0.15) is 30.6 Å². The third-order valence-corrected chi connectivity index (χ3v) is 3.45. The molecule has 21 heavy (non-hydrogen) atoms. The summed E-state index contributed by atoms with van der Waals surface area (Å²) in [5, 5.41) is 11.4. The van der Waals surface area contributed by atoms with E-state index < -0.39 is 5.82 Å². The van der Waals surface area contributed by atoms with E-state index in [1.165, 1.54) is 12.1 Å². The van der Waals surface area contributed by atoms with E-state index in [0.717, 1.165) is 0 Å². The van der Waals surface area contributed by atoms with Gasteiger partial charge in [-0.25, -0.2) is 4.39 Å². The Kier molecular flexibility index (Phi) is 6.61. The monoisotopic (exact) mass is 359 g/mol. The molecule has 0 aliphatic heterocycles. The number of nitrogens with zero attached hydrogens (tertiary/aromatic N) is 2. The van der Waals surface area contributed by atoms with Crippen LogP contribution in [-0.2, 0) is 0 Å². The second-order valence-electron chi connectivity index (χ2n) is 5.12. The Morgan fingerprint density at radius 2 is 2.19 bits per heavy atom. The minimum atomic E-state index is -0.484. The standard InChI is InChI=1S/C14H19BrFN3O2/c1-9(2)8-19(6-5-13(17)18-21)14(20)10-3-4-11(15)12(16)7-10/h3-4,7,9,21H,5-6,8H2,1-2H3,(H2,17,18). The zero-order valence-corrected chi connectivity index (χ0v) is 13.6. The zero-order valence-electron chi connectivity index (χ0n) is 12.0. The molecule has 1 aromatic carbocycles. The number of benzene rings is 1. The molecule has 0 atom stereocenters. The fourth-order valence-corrected chi connectivity index (χ4v) is 2.07. The van der Waals surface area contributed by atoms with Gasteiger partial charge >= 0.3 is 0 Å². The third-order valence-electron chi connectivity index (χ3n) is 2.81. The number of carbonyl (C=O) groups is 1. The van der Waals surface area contributed by atoms with Crippen LogP contribution in [-0.4, -0.2) is 34.9 Å². The van der Waals surface area contributed by atoms with Crippen molar-refractivity contribution in [3.8, 4) is 0 Å². The highest BCUT2D eigenvalue weighted by atomic mass is 79.9. The molecular weight excluding hydrogens is 341 g/mol. The van der Waals surface area contributed by atoms with Crippen molar-refractivity contribution in [3.63, 3.8) is 0 Å². The lowest BCUT2D eigenvalue weighted by atomic mass is 10.1. The largest absolute Gasteiger partial charge is 0.409 e. The fourth-order valence-electron chi connectivity index (χ4n) is 1.83. The third kappa shape index (κ3) is 5.34. The molecule has 0 saturated carbocycles. The van der Waals surface area contributed by atoms with Crippen LogP contribution in [0.2, 0.25) is 0 Å². The Balaban J connectivity index is 2.90. The number of hydrogen-bond acceptors (Lipinski definition) is 3. The highest BCUT2D eigenvalue weighted by Crippen LogP contribution is 2.18. The van der Waals surface area contributed by atoms with Crippen LogP contribution in [0.5, 0.6) is 0 Å². The molecule has 0 radical (unpaired) electrons. The first-order valence-corrected chi connectivity index (χ1v) is 7.35. The van der Waals surface area contributed by atoms with Crippen LogP contribution in [0.15, 0.2) is 27.8 Å². The molecule has 116 valence electrons. The van der Waals surface area contributed by atoms with E-state index in [4.69, 9.17) is 10.9 Å². The maximum absolute atomic E-state index is 13.5. The smallest absolute Gasteiger partial charge is 0.253 e. The molecule has 0 spiro atoms. The summed E-state index contributed by atoms with van der Waals surface area (Å²) >= 11 is 3.06. The molecule has 7 heteroatoms. The van der Waals surface area contributed by atoms with Crippen molar-refractivity contribution in [2.75, 3.05) is 13.1 Å². The topological polar surface area (TPSA) is 78.9 Å². The molecule has 0 heterocycles. The molecule has 5 nitrogen and oxygen atoms in total. The summed E-state index contributed by atoms with van der Waals surface area (Å²) in [6.07, 6.45) is 0.258. The lowest BCUT2D eigenvalue weighted by Crippen LogP contribution is -2.36. The molecule has 1 aromatic rings. The summed E-state index contributed by atoms with van der Waals surface area (Å²) in [6.45, 7) is 4.78. The zero-order chi connectivity index (χ0) is 16.0. The molecule has 0 bridgehead atoms. The van der Waals surface area contributed by atoms with E-state index in [1.807, 2.05) is 13.8 Å². The van der Waals surface area contributed by atoms with Gasteiger partial charge in [0.25, 0.3) is 5.91 Å². The maximum atomic E-state index is 13.5. The molecule has 0 aromatic heterocycles. The highest BCUT2D eigenvalue weighted by Gasteiger charge is 2.18. The molecule has 1 amide bonds. The van der Waals surface area contributed by atoms with Crippen LogP contribution < -0.4 is 5.73 Å². The normalized spacial score (nSPS) is 11.8. The quantitative estimate of drug-likeness (QED) is 0.354. The van der Waals surface area contributed by atoms with Crippen LogP contribution >= 0.6 is 15.9 Å². The average molecular weight is 360 g/mol. The second-order valence-corrected chi connectivity index (χ2v) is 5.97. The van der Waals surface area contributed by atoms with E-state index in [1.54, 1.807) is 11.0 Å². The molecule has 1 rings (SSSR count). The van der Waals surface area contributed by atoms with E-state index in [0.29, 0.717) is 17.6 Å². The first-order valence-electron chi connectivity index (χ1n) is 6.55. The Morgan fingerprint density at radius 3 is 2.71 bits per heavy atom. The van der Waals surface area contributed by atoms with Crippen molar-refractivity contribution < 1.29 is 14.4 Å². The van der Waals surface area contributed by atoms with Crippen molar-refractivity contribution in [3.05, 3.63) is 34.1 Å². The molecule has 0 aliphatic rings. The maximum Gasteiger partial charge on any atom is 0.253 e. The van der Waals surface area contributed by atoms with Gasteiger partial charge in [0.1, 0.15) is 11.7 Å². The van der Waals surface area contributed by atoms with Gasteiger partial charge < -0.3 is 15.8 Å². The van der Waals surface area contributed by atoms with Gasteiger partial charge in [-0.2, -0.15) is 0 Å². The van der Waals surface area contributed by atoms with Gasteiger partial charge in [-0.15, -0.1) is 0 Å². The van der Waals surface area contributed by atoms with Crippen LogP contribution in [0.25, 0.3) is 0 Å². The van der Waals surface area contributed by atoms with E-state index in [9.17, 15) is 9.18 Å². The summed E-state index contributed by atoms with van der Waals surface area (Å²) in [5.74, 6) is -0.456. The number of hydrogen-bond donors (Lipinski definition) is 2. The van der Waals surface area contributed by atoms with Crippen molar-refractivity contribution in [2.45, 2.75) is 20.3 Å². The van der Waals surface area contributed by atoms with Crippen molar-refractivity contribution in [1.82, 2.24) is 4.90 Å².